The Hall–Kier alpha value is -2.50. The van der Waals surface area contributed by atoms with Gasteiger partial charge >= 0.3 is 6.03 Å². The van der Waals surface area contributed by atoms with Gasteiger partial charge in [-0.05, 0) is 25.3 Å². The molecular formula is C19H25N3O3. The molecule has 2 rings (SSSR count). The van der Waals surface area contributed by atoms with E-state index in [2.05, 4.69) is 10.3 Å². The molecule has 6 heteroatoms. The molecule has 1 heterocycles. The second-order valence-corrected chi connectivity index (χ2v) is 6.13. The highest BCUT2D eigenvalue weighted by Crippen LogP contribution is 2.21. The predicted octanol–water partition coefficient (Wildman–Crippen LogP) is 3.09. The number of hydrogen-bond acceptors (Lipinski definition) is 4. The molecule has 0 bridgehead atoms. The third-order valence-corrected chi connectivity index (χ3v) is 4.32. The van der Waals surface area contributed by atoms with Crippen LogP contribution in [0.15, 0.2) is 35.3 Å². The molecular weight excluding hydrogens is 318 g/mol. The summed E-state index contributed by atoms with van der Waals surface area (Å²) in [6.07, 6.45) is 2.03. The molecule has 6 nitrogen and oxygen atoms in total. The summed E-state index contributed by atoms with van der Waals surface area (Å²) in [6.45, 7) is 6.09. The van der Waals surface area contributed by atoms with Crippen molar-refractivity contribution in [1.29, 1.82) is 0 Å². The Morgan fingerprint density at radius 1 is 1.20 bits per heavy atom. The van der Waals surface area contributed by atoms with Crippen molar-refractivity contribution < 1.29 is 14.4 Å². The lowest BCUT2D eigenvalue weighted by Crippen LogP contribution is -2.60. The maximum absolute atomic E-state index is 12.7. The van der Waals surface area contributed by atoms with Gasteiger partial charge in [-0.15, -0.1) is 0 Å². The van der Waals surface area contributed by atoms with Crippen molar-refractivity contribution in [3.05, 3.63) is 35.9 Å². The lowest BCUT2D eigenvalue weighted by atomic mass is 9.95. The Labute approximate surface area is 148 Å². The molecule has 0 aromatic heterocycles. The fourth-order valence-corrected chi connectivity index (χ4v) is 2.86. The van der Waals surface area contributed by atoms with E-state index in [9.17, 15) is 14.4 Å². The molecule has 1 saturated heterocycles. The Balaban J connectivity index is 2.28. The van der Waals surface area contributed by atoms with E-state index in [1.54, 1.807) is 0 Å². The minimum absolute atomic E-state index is 0.168. The quantitative estimate of drug-likeness (QED) is 0.610. The maximum Gasteiger partial charge on any atom is 0.330 e. The van der Waals surface area contributed by atoms with Gasteiger partial charge < -0.3 is 0 Å². The van der Waals surface area contributed by atoms with Crippen molar-refractivity contribution in [3.8, 4) is 0 Å². The van der Waals surface area contributed by atoms with Crippen LogP contribution in [0, 0.1) is 5.92 Å². The normalized spacial score (nSPS) is 19.8. The standard InChI is InChI=1S/C19H25N3O3/c1-4-6-12-22-18(24)16(17(23)21-19(22)25)15(5-2)20-13(3)14-10-8-7-9-11-14/h7-11,13,16H,4-6,12H2,1-3H3,(H,21,23,25)/t13-,16-/m0/s1. The topological polar surface area (TPSA) is 78.8 Å². The number of imide groups is 2. The van der Waals surface area contributed by atoms with Crippen LogP contribution in [0.1, 0.15) is 51.6 Å². The van der Waals surface area contributed by atoms with Crippen molar-refractivity contribution in [1.82, 2.24) is 10.2 Å². The second-order valence-electron chi connectivity index (χ2n) is 6.13. The van der Waals surface area contributed by atoms with Crippen molar-refractivity contribution in [3.63, 3.8) is 0 Å². The maximum atomic E-state index is 12.7. The molecule has 0 saturated carbocycles. The molecule has 1 aliphatic heterocycles. The first-order chi connectivity index (χ1) is 12.0. The lowest BCUT2D eigenvalue weighted by Gasteiger charge is -2.31. The summed E-state index contributed by atoms with van der Waals surface area (Å²) in [5.74, 6) is -2.07. The van der Waals surface area contributed by atoms with Crippen molar-refractivity contribution in [2.24, 2.45) is 10.9 Å². The van der Waals surface area contributed by atoms with Crippen molar-refractivity contribution >= 4 is 23.6 Å². The number of nitrogens with zero attached hydrogens (tertiary/aromatic N) is 2. The monoisotopic (exact) mass is 343 g/mol. The minimum atomic E-state index is -1.02. The molecule has 0 radical (unpaired) electrons. The molecule has 1 aromatic rings. The number of carbonyl (C=O) groups excluding carboxylic acids is 3. The summed E-state index contributed by atoms with van der Waals surface area (Å²) < 4.78 is 0. The third-order valence-electron chi connectivity index (χ3n) is 4.32. The summed E-state index contributed by atoms with van der Waals surface area (Å²) in [5, 5.41) is 2.29. The van der Waals surface area contributed by atoms with Crippen LogP contribution in [0.2, 0.25) is 0 Å². The first-order valence-electron chi connectivity index (χ1n) is 8.77. The first-order valence-corrected chi connectivity index (χ1v) is 8.77. The van der Waals surface area contributed by atoms with Gasteiger partial charge in [0.15, 0.2) is 5.92 Å². The Kier molecular flexibility index (Phi) is 6.44. The summed E-state index contributed by atoms with van der Waals surface area (Å²) in [5.41, 5.74) is 1.52. The molecule has 2 atom stereocenters. The molecule has 1 fully saturated rings. The van der Waals surface area contributed by atoms with Gasteiger partial charge in [0.2, 0.25) is 11.8 Å². The van der Waals surface area contributed by atoms with Crippen LogP contribution in [-0.2, 0) is 9.59 Å². The number of carbonyl (C=O) groups is 3. The van der Waals surface area contributed by atoms with Crippen molar-refractivity contribution in [2.75, 3.05) is 6.54 Å². The van der Waals surface area contributed by atoms with Gasteiger partial charge in [0.05, 0.1) is 6.04 Å². The zero-order valence-corrected chi connectivity index (χ0v) is 15.0. The molecule has 4 amide bonds. The van der Waals surface area contributed by atoms with Gasteiger partial charge in [-0.1, -0.05) is 50.6 Å². The van der Waals surface area contributed by atoms with E-state index in [1.165, 1.54) is 0 Å². The number of nitrogens with one attached hydrogen (secondary N) is 1. The number of urea groups is 1. The number of unbranched alkanes of at least 4 members (excludes halogenated alkanes) is 1. The molecule has 134 valence electrons. The highest BCUT2D eigenvalue weighted by atomic mass is 16.2. The average Bonchev–Trinajstić information content (AvgIpc) is 2.61. The zero-order valence-electron chi connectivity index (χ0n) is 15.0. The van der Waals surface area contributed by atoms with Crippen LogP contribution >= 0.6 is 0 Å². The third kappa shape index (κ3) is 4.32. The molecule has 1 aliphatic rings. The van der Waals surface area contributed by atoms with E-state index < -0.39 is 23.8 Å². The van der Waals surface area contributed by atoms with Crippen LogP contribution in [0.5, 0.6) is 0 Å². The predicted molar refractivity (Wildman–Crippen MR) is 96.2 cm³/mol. The SMILES string of the molecule is CCCCN1C(=O)NC(=O)[C@H](C(CC)=N[C@@H](C)c2ccccc2)C1=O. The van der Waals surface area contributed by atoms with Gasteiger partial charge in [-0.25, -0.2) is 4.79 Å². The summed E-state index contributed by atoms with van der Waals surface area (Å²) >= 11 is 0. The Morgan fingerprint density at radius 2 is 1.88 bits per heavy atom. The number of amides is 4. The highest BCUT2D eigenvalue weighted by molar-refractivity contribution is 6.27. The van der Waals surface area contributed by atoms with Crippen LogP contribution in [0.4, 0.5) is 4.79 Å². The molecule has 1 aromatic carbocycles. The van der Waals surface area contributed by atoms with E-state index in [1.807, 2.05) is 51.1 Å². The number of rotatable bonds is 7. The smallest absolute Gasteiger partial charge is 0.285 e. The lowest BCUT2D eigenvalue weighted by molar-refractivity contribution is -0.139. The van der Waals surface area contributed by atoms with E-state index >= 15 is 0 Å². The van der Waals surface area contributed by atoms with Crippen LogP contribution in [0.25, 0.3) is 0 Å². The largest absolute Gasteiger partial charge is 0.330 e. The van der Waals surface area contributed by atoms with Crippen LogP contribution in [0.3, 0.4) is 0 Å². The van der Waals surface area contributed by atoms with E-state index in [0.29, 0.717) is 25.1 Å². The number of hydrogen-bond donors (Lipinski definition) is 1. The van der Waals surface area contributed by atoms with Crippen LogP contribution in [-0.4, -0.2) is 35.0 Å². The Bertz CT molecular complexity index is 670. The Morgan fingerprint density at radius 3 is 2.48 bits per heavy atom. The number of aliphatic imine (C=N–C) groups is 1. The van der Waals surface area contributed by atoms with Crippen LogP contribution < -0.4 is 5.32 Å². The van der Waals surface area contributed by atoms with Gasteiger partial charge in [-0.3, -0.25) is 24.8 Å². The molecule has 25 heavy (non-hydrogen) atoms. The van der Waals surface area contributed by atoms with E-state index in [0.717, 1.165) is 16.9 Å². The fraction of sp³-hybridized carbons (Fsp3) is 0.474. The summed E-state index contributed by atoms with van der Waals surface area (Å²) in [7, 11) is 0. The average molecular weight is 343 g/mol. The van der Waals surface area contributed by atoms with E-state index in [-0.39, 0.29) is 6.04 Å². The van der Waals surface area contributed by atoms with Gasteiger partial charge in [-0.2, -0.15) is 0 Å². The van der Waals surface area contributed by atoms with Gasteiger partial charge in [0, 0.05) is 12.3 Å². The van der Waals surface area contributed by atoms with E-state index in [4.69, 9.17) is 0 Å². The second kappa shape index (κ2) is 8.55. The molecule has 0 unspecified atom stereocenters. The van der Waals surface area contributed by atoms with Gasteiger partial charge in [0.25, 0.3) is 0 Å². The summed E-state index contributed by atoms with van der Waals surface area (Å²) in [4.78, 5) is 42.7. The molecule has 1 N–H and O–H groups in total. The summed E-state index contributed by atoms with van der Waals surface area (Å²) in [6, 6.07) is 8.90. The fourth-order valence-electron chi connectivity index (χ4n) is 2.86. The minimum Gasteiger partial charge on any atom is -0.285 e. The number of barbiturate groups is 1. The zero-order chi connectivity index (χ0) is 18.4. The number of benzene rings is 1. The van der Waals surface area contributed by atoms with Gasteiger partial charge in [0.1, 0.15) is 0 Å². The van der Waals surface area contributed by atoms with Crippen molar-refractivity contribution in [2.45, 2.75) is 46.1 Å². The molecule has 0 aliphatic carbocycles. The highest BCUT2D eigenvalue weighted by Gasteiger charge is 2.42. The molecule has 0 spiro atoms. The first kappa shape index (κ1) is 18.8.